The van der Waals surface area contributed by atoms with Crippen molar-refractivity contribution in [2.45, 2.75) is 39.0 Å². The van der Waals surface area contributed by atoms with Crippen LogP contribution in [0.25, 0.3) is 0 Å². The molecule has 0 spiro atoms. The summed E-state index contributed by atoms with van der Waals surface area (Å²) in [4.78, 5) is 0. The minimum atomic E-state index is -0.283. The molecule has 2 rings (SSSR count). The molecule has 0 bridgehead atoms. The van der Waals surface area contributed by atoms with Crippen molar-refractivity contribution in [3.63, 3.8) is 0 Å². The number of hydrogen-bond donors (Lipinski definition) is 0. The molecule has 0 atom stereocenters. The summed E-state index contributed by atoms with van der Waals surface area (Å²) in [5.74, 6) is 1.65. The van der Waals surface area contributed by atoms with Gasteiger partial charge in [-0.2, -0.15) is 0 Å². The van der Waals surface area contributed by atoms with Crippen molar-refractivity contribution in [1.82, 2.24) is 0 Å². The van der Waals surface area contributed by atoms with Crippen molar-refractivity contribution in [3.8, 4) is 11.5 Å². The molecule has 0 saturated heterocycles. The Bertz CT molecular complexity index is 365. The molecular weight excluding hydrogens is 211 g/mol. The van der Waals surface area contributed by atoms with E-state index >= 15 is 0 Å². The van der Waals surface area contributed by atoms with Gasteiger partial charge in [-0.3, -0.25) is 0 Å². The maximum absolute atomic E-state index is 5.70. The van der Waals surface area contributed by atoms with Gasteiger partial charge in [0.1, 0.15) is 11.5 Å². The summed E-state index contributed by atoms with van der Waals surface area (Å²) >= 11 is 0. The van der Waals surface area contributed by atoms with Gasteiger partial charge in [-0.15, -0.1) is 6.58 Å². The van der Waals surface area contributed by atoms with Gasteiger partial charge >= 0.3 is 7.12 Å². The van der Waals surface area contributed by atoms with Crippen LogP contribution in [0.5, 0.6) is 11.5 Å². The van der Waals surface area contributed by atoms with E-state index < -0.39 is 0 Å². The van der Waals surface area contributed by atoms with E-state index in [1.807, 2.05) is 24.3 Å². The maximum Gasteiger partial charge on any atom is 0.627 e. The molecule has 2 nitrogen and oxygen atoms in total. The van der Waals surface area contributed by atoms with Crippen LogP contribution in [0.4, 0.5) is 0 Å². The second-order valence-corrected chi connectivity index (χ2v) is 4.48. The van der Waals surface area contributed by atoms with Crippen molar-refractivity contribution in [2.24, 2.45) is 0 Å². The molecule has 0 fully saturated rings. The summed E-state index contributed by atoms with van der Waals surface area (Å²) in [6, 6.07) is 7.77. The first-order chi connectivity index (χ1) is 8.31. The lowest BCUT2D eigenvalue weighted by Crippen LogP contribution is -2.27. The summed E-state index contributed by atoms with van der Waals surface area (Å²) in [5.41, 5.74) is 1.04. The molecule has 1 aromatic rings. The minimum absolute atomic E-state index is 0.283. The van der Waals surface area contributed by atoms with E-state index in [0.717, 1.165) is 23.4 Å². The molecule has 3 heteroatoms. The van der Waals surface area contributed by atoms with E-state index in [9.17, 15) is 0 Å². The predicted octanol–water partition coefficient (Wildman–Crippen LogP) is 4.01. The van der Waals surface area contributed by atoms with E-state index in [4.69, 9.17) is 9.31 Å². The van der Waals surface area contributed by atoms with Crippen molar-refractivity contribution in [3.05, 3.63) is 36.3 Å². The summed E-state index contributed by atoms with van der Waals surface area (Å²) in [6.45, 7) is 6.28. The van der Waals surface area contributed by atoms with E-state index in [1.165, 1.54) is 25.7 Å². The number of fused-ring (bicyclic) bond motifs is 1. The highest BCUT2D eigenvalue weighted by Gasteiger charge is 2.33. The Morgan fingerprint density at radius 2 is 1.76 bits per heavy atom. The zero-order valence-corrected chi connectivity index (χ0v) is 10.4. The van der Waals surface area contributed by atoms with Crippen molar-refractivity contribution >= 4 is 7.12 Å². The SMILES string of the molecule is C=C(CCCCCC)B1Oc2ccccc2O1. The average molecular weight is 230 g/mol. The Balaban J connectivity index is 1.80. The first-order valence-corrected chi connectivity index (χ1v) is 6.41. The highest BCUT2D eigenvalue weighted by Crippen LogP contribution is 2.34. The molecule has 0 unspecified atom stereocenters. The Morgan fingerprint density at radius 1 is 1.12 bits per heavy atom. The molecule has 0 saturated carbocycles. The molecule has 90 valence electrons. The Labute approximate surface area is 104 Å². The van der Waals surface area contributed by atoms with Gasteiger partial charge in [-0.1, -0.05) is 44.7 Å². The Morgan fingerprint density at radius 3 is 2.35 bits per heavy atom. The van der Waals surface area contributed by atoms with Gasteiger partial charge in [0.15, 0.2) is 0 Å². The number of allylic oxidation sites excluding steroid dienone is 1. The Hall–Kier alpha value is -1.38. The quantitative estimate of drug-likeness (QED) is 0.543. The molecule has 0 N–H and O–H groups in total. The smallest absolute Gasteiger partial charge is 0.519 e. The standard InChI is InChI=1S/C14H19BO2/c1-3-4-5-6-9-12(2)15-16-13-10-7-8-11-14(13)17-15/h7-8,10-11H,2-6,9H2,1H3. The number of benzene rings is 1. The molecule has 1 aromatic carbocycles. The maximum atomic E-state index is 5.70. The van der Waals surface area contributed by atoms with E-state index in [0.29, 0.717) is 0 Å². The van der Waals surface area contributed by atoms with Crippen LogP contribution >= 0.6 is 0 Å². The molecular formula is C14H19BO2. The molecule has 1 aliphatic rings. The lowest BCUT2D eigenvalue weighted by molar-refractivity contribution is 0.506. The van der Waals surface area contributed by atoms with Crippen LogP contribution < -0.4 is 9.31 Å². The lowest BCUT2D eigenvalue weighted by atomic mass is 9.76. The summed E-state index contributed by atoms with van der Waals surface area (Å²) in [5, 5.41) is 0. The third-order valence-corrected chi connectivity index (χ3v) is 3.00. The fourth-order valence-electron chi connectivity index (χ4n) is 1.96. The fourth-order valence-corrected chi connectivity index (χ4v) is 1.96. The van der Waals surface area contributed by atoms with Crippen LogP contribution in [0, 0.1) is 0 Å². The second kappa shape index (κ2) is 5.81. The van der Waals surface area contributed by atoms with Crippen LogP contribution in [0.2, 0.25) is 0 Å². The molecule has 0 radical (unpaired) electrons. The third kappa shape index (κ3) is 3.05. The number of hydrogen-bond acceptors (Lipinski definition) is 2. The first-order valence-electron chi connectivity index (χ1n) is 6.41. The van der Waals surface area contributed by atoms with Gasteiger partial charge in [0.05, 0.1) is 0 Å². The van der Waals surface area contributed by atoms with Crippen molar-refractivity contribution in [2.75, 3.05) is 0 Å². The molecule has 0 amide bonds. The van der Waals surface area contributed by atoms with Gasteiger partial charge in [-0.25, -0.2) is 0 Å². The molecule has 17 heavy (non-hydrogen) atoms. The number of rotatable bonds is 6. The highest BCUT2D eigenvalue weighted by atomic mass is 16.6. The van der Waals surface area contributed by atoms with E-state index in [1.54, 1.807) is 0 Å². The van der Waals surface area contributed by atoms with Crippen LogP contribution in [0.15, 0.2) is 36.3 Å². The van der Waals surface area contributed by atoms with Crippen LogP contribution in [-0.4, -0.2) is 7.12 Å². The monoisotopic (exact) mass is 230 g/mol. The molecule has 0 aliphatic carbocycles. The highest BCUT2D eigenvalue weighted by molar-refractivity contribution is 6.56. The van der Waals surface area contributed by atoms with Gasteiger partial charge in [0.2, 0.25) is 0 Å². The normalized spacial score (nSPS) is 12.9. The van der Waals surface area contributed by atoms with E-state index in [-0.39, 0.29) is 7.12 Å². The second-order valence-electron chi connectivity index (χ2n) is 4.48. The average Bonchev–Trinajstić information content (AvgIpc) is 2.78. The van der Waals surface area contributed by atoms with Gasteiger partial charge in [0, 0.05) is 0 Å². The van der Waals surface area contributed by atoms with Crippen molar-refractivity contribution < 1.29 is 9.31 Å². The zero-order valence-electron chi connectivity index (χ0n) is 10.4. The zero-order chi connectivity index (χ0) is 12.1. The van der Waals surface area contributed by atoms with Crippen LogP contribution in [0.1, 0.15) is 39.0 Å². The number of unbranched alkanes of at least 4 members (excludes halogenated alkanes) is 3. The van der Waals surface area contributed by atoms with E-state index in [2.05, 4.69) is 13.5 Å². The predicted molar refractivity (Wildman–Crippen MR) is 71.4 cm³/mol. The summed E-state index contributed by atoms with van der Waals surface area (Å²) in [6.07, 6.45) is 5.97. The largest absolute Gasteiger partial charge is 0.627 e. The Kier molecular flexibility index (Phi) is 4.13. The lowest BCUT2D eigenvalue weighted by Gasteiger charge is -2.07. The first kappa shape index (κ1) is 12.1. The molecule has 1 heterocycles. The van der Waals surface area contributed by atoms with Crippen molar-refractivity contribution in [1.29, 1.82) is 0 Å². The molecule has 1 aliphatic heterocycles. The molecule has 0 aromatic heterocycles. The van der Waals surface area contributed by atoms with Gasteiger partial charge in [0.25, 0.3) is 0 Å². The summed E-state index contributed by atoms with van der Waals surface area (Å²) in [7, 11) is -0.283. The number of para-hydroxylation sites is 2. The minimum Gasteiger partial charge on any atom is -0.519 e. The third-order valence-electron chi connectivity index (χ3n) is 3.00. The summed E-state index contributed by atoms with van der Waals surface area (Å²) < 4.78 is 11.4. The topological polar surface area (TPSA) is 18.5 Å². The van der Waals surface area contributed by atoms with Gasteiger partial charge < -0.3 is 9.31 Å². The van der Waals surface area contributed by atoms with Crippen LogP contribution in [0.3, 0.4) is 0 Å². The fraction of sp³-hybridized carbons (Fsp3) is 0.429. The van der Waals surface area contributed by atoms with Crippen LogP contribution in [-0.2, 0) is 0 Å². The van der Waals surface area contributed by atoms with Gasteiger partial charge in [-0.05, 0) is 24.0 Å².